The molecule has 0 N–H and O–H groups in total. The molecule has 1 fully saturated rings. The molecule has 0 aliphatic carbocycles. The molecule has 0 spiro atoms. The molecule has 0 saturated carbocycles. The van der Waals surface area contributed by atoms with Crippen molar-refractivity contribution in [1.29, 1.82) is 0 Å². The number of nitrogens with zero attached hydrogens (tertiary/aromatic N) is 2. The molecule has 1 saturated heterocycles. The number of piperazine rings is 1. The van der Waals surface area contributed by atoms with Crippen molar-refractivity contribution in [2.75, 3.05) is 45.1 Å². The van der Waals surface area contributed by atoms with Crippen LogP contribution in [0.2, 0.25) is 0 Å². The van der Waals surface area contributed by atoms with Gasteiger partial charge in [-0.1, -0.05) is 27.8 Å². The third-order valence-corrected chi connectivity index (χ3v) is 2.31. The van der Waals surface area contributed by atoms with Crippen LogP contribution in [0.5, 0.6) is 0 Å². The van der Waals surface area contributed by atoms with E-state index in [1.54, 1.807) is 0 Å². The molecule has 1 aliphatic rings. The summed E-state index contributed by atoms with van der Waals surface area (Å²) in [7, 11) is 2.15. The van der Waals surface area contributed by atoms with Crippen molar-refractivity contribution in [3.63, 3.8) is 0 Å². The van der Waals surface area contributed by atoms with E-state index in [1.165, 1.54) is 0 Å². The van der Waals surface area contributed by atoms with Crippen LogP contribution in [-0.2, 0) is 0 Å². The Kier molecular flexibility index (Phi) is 8.78. The molecule has 78 valence electrons. The Bertz CT molecular complexity index is 206. The largest absolute Gasteiger partial charge is 0.304 e. The quantitative estimate of drug-likeness (QED) is 0.508. The summed E-state index contributed by atoms with van der Waals surface area (Å²) in [6, 6.07) is 0. The van der Waals surface area contributed by atoms with Crippen LogP contribution in [0.4, 0.5) is 0 Å². The zero-order valence-corrected chi connectivity index (χ0v) is 10.3. The average molecular weight is 257 g/mol. The minimum Gasteiger partial charge on any atom is -0.304 e. The van der Waals surface area contributed by atoms with Gasteiger partial charge in [0, 0.05) is 26.2 Å². The monoisotopic (exact) mass is 256 g/mol. The van der Waals surface area contributed by atoms with Gasteiger partial charge in [0.05, 0.1) is 11.9 Å². The van der Waals surface area contributed by atoms with Gasteiger partial charge in [-0.2, -0.15) is 0 Å². The number of hydrogen-bond acceptors (Lipinski definition) is 2. The number of alkyl halides is 1. The lowest BCUT2D eigenvalue weighted by Crippen LogP contribution is -2.44. The van der Waals surface area contributed by atoms with Gasteiger partial charge in [0.15, 0.2) is 0 Å². The SMILES string of the molecule is C#CCBr.C#CCN1CCN(C)CC1. The molecular weight excluding hydrogens is 240 g/mol. The summed E-state index contributed by atoms with van der Waals surface area (Å²) in [5.74, 6) is 5.01. The van der Waals surface area contributed by atoms with Gasteiger partial charge < -0.3 is 4.90 Å². The van der Waals surface area contributed by atoms with E-state index in [-0.39, 0.29) is 0 Å². The molecule has 0 radical (unpaired) electrons. The fourth-order valence-electron chi connectivity index (χ4n) is 1.14. The molecule has 14 heavy (non-hydrogen) atoms. The van der Waals surface area contributed by atoms with Crippen LogP contribution in [0.25, 0.3) is 0 Å². The number of halogens is 1. The Balaban J connectivity index is 0.000000364. The predicted molar refractivity (Wildman–Crippen MR) is 65.4 cm³/mol. The minimum atomic E-state index is 0.660. The van der Waals surface area contributed by atoms with Gasteiger partial charge in [-0.25, -0.2) is 0 Å². The van der Waals surface area contributed by atoms with Crippen LogP contribution in [0, 0.1) is 24.7 Å². The number of rotatable bonds is 1. The molecule has 0 aromatic heterocycles. The maximum Gasteiger partial charge on any atom is 0.0642 e. The fourth-order valence-corrected chi connectivity index (χ4v) is 1.14. The summed E-state index contributed by atoms with van der Waals surface area (Å²) < 4.78 is 0. The Hall–Kier alpha value is -0.480. The summed E-state index contributed by atoms with van der Waals surface area (Å²) in [4.78, 5) is 4.63. The molecule has 3 heteroatoms. The average Bonchev–Trinajstić information content (AvgIpc) is 2.22. The molecule has 0 unspecified atom stereocenters. The summed E-state index contributed by atoms with van der Waals surface area (Å²) in [6.45, 7) is 5.37. The van der Waals surface area contributed by atoms with Crippen molar-refractivity contribution < 1.29 is 0 Å². The van der Waals surface area contributed by atoms with Gasteiger partial charge in [-0.15, -0.1) is 12.8 Å². The highest BCUT2D eigenvalue weighted by molar-refractivity contribution is 9.09. The minimum absolute atomic E-state index is 0.660. The van der Waals surface area contributed by atoms with Crippen molar-refractivity contribution in [3.05, 3.63) is 0 Å². The highest BCUT2D eigenvalue weighted by atomic mass is 79.9. The lowest BCUT2D eigenvalue weighted by Gasteiger charge is -2.30. The Morgan fingerprint density at radius 3 is 2.00 bits per heavy atom. The third-order valence-electron chi connectivity index (χ3n) is 1.99. The predicted octanol–water partition coefficient (Wildman–Crippen LogP) is 0.881. The molecule has 2 nitrogen and oxygen atoms in total. The molecule has 1 rings (SSSR count). The molecule has 1 heterocycles. The standard InChI is InChI=1S/C8H14N2.C3H3Br/c1-3-4-10-7-5-9(2)6-8-10;1-2-3-4/h1H,4-8H2,2H3;1H,3H2. The number of likely N-dealkylation sites (N-methyl/N-ethyl adjacent to an activating group) is 1. The van der Waals surface area contributed by atoms with Gasteiger partial charge in [0.25, 0.3) is 0 Å². The van der Waals surface area contributed by atoms with Gasteiger partial charge >= 0.3 is 0 Å². The van der Waals surface area contributed by atoms with Crippen LogP contribution in [-0.4, -0.2) is 54.9 Å². The summed E-state index contributed by atoms with van der Waals surface area (Å²) >= 11 is 3.01. The van der Waals surface area contributed by atoms with E-state index >= 15 is 0 Å². The summed E-state index contributed by atoms with van der Waals surface area (Å²) in [5.41, 5.74) is 0. The van der Waals surface area contributed by atoms with Gasteiger partial charge in [0.2, 0.25) is 0 Å². The lowest BCUT2D eigenvalue weighted by molar-refractivity contribution is 0.168. The van der Waals surface area contributed by atoms with E-state index in [9.17, 15) is 0 Å². The Morgan fingerprint density at radius 1 is 1.14 bits per heavy atom. The Labute approximate surface area is 95.8 Å². The lowest BCUT2D eigenvalue weighted by atomic mass is 10.3. The molecule has 0 amide bonds. The first-order chi connectivity index (χ1) is 6.74. The zero-order valence-electron chi connectivity index (χ0n) is 8.67. The molecule has 0 aromatic rings. The number of hydrogen-bond donors (Lipinski definition) is 0. The second kappa shape index (κ2) is 9.09. The maximum atomic E-state index is 5.19. The van der Waals surface area contributed by atoms with E-state index in [0.717, 1.165) is 32.7 Å². The van der Waals surface area contributed by atoms with Crippen molar-refractivity contribution in [2.24, 2.45) is 0 Å². The first-order valence-corrected chi connectivity index (χ1v) is 5.70. The van der Waals surface area contributed by atoms with Crippen LogP contribution in [0.15, 0.2) is 0 Å². The van der Waals surface area contributed by atoms with E-state index in [2.05, 4.69) is 44.6 Å². The van der Waals surface area contributed by atoms with Crippen LogP contribution in [0.1, 0.15) is 0 Å². The molecule has 0 aromatic carbocycles. The number of terminal acetylenes is 2. The molecule has 0 atom stereocenters. The van der Waals surface area contributed by atoms with Crippen molar-refractivity contribution in [1.82, 2.24) is 9.80 Å². The van der Waals surface area contributed by atoms with Crippen molar-refractivity contribution >= 4 is 15.9 Å². The third kappa shape index (κ3) is 6.97. The topological polar surface area (TPSA) is 6.48 Å². The van der Waals surface area contributed by atoms with Gasteiger partial charge in [0.1, 0.15) is 0 Å². The van der Waals surface area contributed by atoms with Crippen LogP contribution in [0.3, 0.4) is 0 Å². The maximum absolute atomic E-state index is 5.19. The summed E-state index contributed by atoms with van der Waals surface area (Å²) in [5, 5.41) is 0.660. The highest BCUT2D eigenvalue weighted by Gasteiger charge is 2.11. The van der Waals surface area contributed by atoms with Crippen molar-refractivity contribution in [2.45, 2.75) is 0 Å². The van der Waals surface area contributed by atoms with Gasteiger partial charge in [-0.3, -0.25) is 4.90 Å². The van der Waals surface area contributed by atoms with Crippen LogP contribution >= 0.6 is 15.9 Å². The molecular formula is C11H17BrN2. The fraction of sp³-hybridized carbons (Fsp3) is 0.636. The smallest absolute Gasteiger partial charge is 0.0642 e. The highest BCUT2D eigenvalue weighted by Crippen LogP contribution is 1.96. The van der Waals surface area contributed by atoms with E-state index in [1.807, 2.05) is 0 Å². The van der Waals surface area contributed by atoms with Gasteiger partial charge in [-0.05, 0) is 7.05 Å². The molecule has 0 bridgehead atoms. The first kappa shape index (κ1) is 13.5. The van der Waals surface area contributed by atoms with E-state index in [0.29, 0.717) is 5.33 Å². The normalized spacial score (nSPS) is 17.4. The Morgan fingerprint density at radius 2 is 1.64 bits per heavy atom. The summed E-state index contributed by atoms with van der Waals surface area (Å²) in [6.07, 6.45) is 9.92. The molecule has 1 aliphatic heterocycles. The first-order valence-electron chi connectivity index (χ1n) is 4.58. The van der Waals surface area contributed by atoms with E-state index in [4.69, 9.17) is 12.8 Å². The van der Waals surface area contributed by atoms with Crippen molar-refractivity contribution in [3.8, 4) is 24.7 Å². The second-order valence-electron chi connectivity index (χ2n) is 3.12. The van der Waals surface area contributed by atoms with Crippen LogP contribution < -0.4 is 0 Å². The van der Waals surface area contributed by atoms with E-state index < -0.39 is 0 Å². The zero-order chi connectivity index (χ0) is 10.8. The second-order valence-corrected chi connectivity index (χ2v) is 3.68.